The van der Waals surface area contributed by atoms with Gasteiger partial charge in [0, 0.05) is 21.1 Å². The molecule has 1 unspecified atom stereocenters. The number of nitrogens with one attached hydrogen (secondary N) is 1. The van der Waals surface area contributed by atoms with Crippen molar-refractivity contribution >= 4 is 51.6 Å². The van der Waals surface area contributed by atoms with Crippen LogP contribution in [0.15, 0.2) is 29.4 Å². The smallest absolute Gasteiger partial charge is 0.265 e. The van der Waals surface area contributed by atoms with Gasteiger partial charge in [-0.1, -0.05) is 46.8 Å². The number of hydrogen-bond acceptors (Lipinski definition) is 8. The number of thioether (sulfide) groups is 1. The van der Waals surface area contributed by atoms with Crippen molar-refractivity contribution in [2.75, 3.05) is 25.2 Å². The lowest BCUT2D eigenvalue weighted by Crippen LogP contribution is -2.21. The fourth-order valence-corrected chi connectivity index (χ4v) is 4.63. The lowest BCUT2D eigenvalue weighted by Gasteiger charge is -2.15. The average molecular weight is 495 g/mol. The highest BCUT2D eigenvalue weighted by Crippen LogP contribution is 2.29. The standard InChI is InChI=1S/C20H23ClN6O3S2/c1-11-16(18(29)26(3)4)32-19(22-11)23-15(28)10-31-20-25-24-17(27(20)5)12(2)30-14-9-7-6-8-13(14)21/h6-9,12H,10H2,1-5H3,(H,22,23,28). The topological polar surface area (TPSA) is 102 Å². The van der Waals surface area contributed by atoms with E-state index in [1.165, 1.54) is 16.7 Å². The largest absolute Gasteiger partial charge is 0.481 e. The average Bonchev–Trinajstić information content (AvgIpc) is 3.29. The molecule has 1 atom stereocenters. The van der Waals surface area contributed by atoms with Crippen LogP contribution in [0.5, 0.6) is 5.75 Å². The van der Waals surface area contributed by atoms with Crippen LogP contribution in [0.2, 0.25) is 5.02 Å². The number of hydrogen-bond donors (Lipinski definition) is 1. The van der Waals surface area contributed by atoms with Crippen molar-refractivity contribution in [2.24, 2.45) is 7.05 Å². The van der Waals surface area contributed by atoms with Crippen molar-refractivity contribution in [3.63, 3.8) is 0 Å². The number of carbonyl (C=O) groups excluding carboxylic acids is 2. The molecule has 0 aliphatic heterocycles. The fourth-order valence-electron chi connectivity index (χ4n) is 2.73. The van der Waals surface area contributed by atoms with Crippen LogP contribution in [-0.2, 0) is 11.8 Å². The molecule has 9 nitrogen and oxygen atoms in total. The molecule has 3 aromatic rings. The Kier molecular flexibility index (Phi) is 7.75. The predicted octanol–water partition coefficient (Wildman–Crippen LogP) is 3.81. The first-order chi connectivity index (χ1) is 15.2. The van der Waals surface area contributed by atoms with Gasteiger partial charge in [-0.15, -0.1) is 10.2 Å². The second-order valence-corrected chi connectivity index (χ2v) is 9.41. The number of aryl methyl sites for hydroxylation is 1. The molecule has 2 aromatic heterocycles. The third-order valence-corrected chi connectivity index (χ3v) is 6.74. The van der Waals surface area contributed by atoms with Crippen LogP contribution in [-0.4, -0.2) is 56.3 Å². The summed E-state index contributed by atoms with van der Waals surface area (Å²) in [6, 6.07) is 7.21. The van der Waals surface area contributed by atoms with Gasteiger partial charge in [-0.05, 0) is 26.0 Å². The summed E-state index contributed by atoms with van der Waals surface area (Å²) in [6.07, 6.45) is -0.387. The highest BCUT2D eigenvalue weighted by molar-refractivity contribution is 7.99. The van der Waals surface area contributed by atoms with Gasteiger partial charge in [0.15, 0.2) is 22.2 Å². The van der Waals surface area contributed by atoms with Crippen LogP contribution in [0.4, 0.5) is 5.13 Å². The van der Waals surface area contributed by atoms with Gasteiger partial charge in [0.2, 0.25) is 5.91 Å². The number of thiazole rings is 1. The molecule has 1 aromatic carbocycles. The summed E-state index contributed by atoms with van der Waals surface area (Å²) in [5.74, 6) is 0.882. The minimum absolute atomic E-state index is 0.112. The second kappa shape index (κ2) is 10.3. The van der Waals surface area contributed by atoms with Crippen molar-refractivity contribution in [1.29, 1.82) is 0 Å². The third kappa shape index (κ3) is 5.59. The number of anilines is 1. The molecule has 0 saturated carbocycles. The zero-order valence-electron chi connectivity index (χ0n) is 18.2. The number of carbonyl (C=O) groups is 2. The first-order valence-corrected chi connectivity index (χ1v) is 11.8. The Morgan fingerprint density at radius 3 is 2.72 bits per heavy atom. The number of halogens is 1. The van der Waals surface area contributed by atoms with Crippen molar-refractivity contribution in [1.82, 2.24) is 24.6 Å². The molecule has 3 rings (SSSR count). The van der Waals surface area contributed by atoms with Crippen LogP contribution in [0.1, 0.15) is 34.2 Å². The maximum atomic E-state index is 12.4. The third-order valence-electron chi connectivity index (χ3n) is 4.35. The van der Waals surface area contributed by atoms with E-state index in [0.29, 0.717) is 37.5 Å². The SMILES string of the molecule is Cc1nc(NC(=O)CSc2nnc(C(C)Oc3ccccc3Cl)n2C)sc1C(=O)N(C)C. The minimum Gasteiger partial charge on any atom is -0.481 e. The van der Waals surface area contributed by atoms with Gasteiger partial charge in [0.05, 0.1) is 16.5 Å². The quantitative estimate of drug-likeness (QED) is 0.475. The van der Waals surface area contributed by atoms with Crippen molar-refractivity contribution in [3.8, 4) is 5.75 Å². The van der Waals surface area contributed by atoms with Gasteiger partial charge < -0.3 is 19.5 Å². The number of para-hydroxylation sites is 1. The summed E-state index contributed by atoms with van der Waals surface area (Å²) in [7, 11) is 5.16. The summed E-state index contributed by atoms with van der Waals surface area (Å²) in [6.45, 7) is 3.59. The van der Waals surface area contributed by atoms with E-state index in [0.717, 1.165) is 11.3 Å². The molecule has 0 spiro atoms. The summed E-state index contributed by atoms with van der Waals surface area (Å²) in [5.41, 5.74) is 0.585. The van der Waals surface area contributed by atoms with Crippen LogP contribution in [0.25, 0.3) is 0 Å². The molecule has 32 heavy (non-hydrogen) atoms. The second-order valence-electron chi connectivity index (χ2n) is 7.06. The first-order valence-electron chi connectivity index (χ1n) is 9.59. The Balaban J connectivity index is 1.59. The van der Waals surface area contributed by atoms with Crippen molar-refractivity contribution in [2.45, 2.75) is 25.1 Å². The van der Waals surface area contributed by atoms with E-state index in [-0.39, 0.29) is 23.7 Å². The fraction of sp³-hybridized carbons (Fsp3) is 0.350. The summed E-state index contributed by atoms with van der Waals surface area (Å²) >= 11 is 8.55. The van der Waals surface area contributed by atoms with Gasteiger partial charge >= 0.3 is 0 Å². The van der Waals surface area contributed by atoms with Gasteiger partial charge in [0.1, 0.15) is 10.6 Å². The molecule has 2 heterocycles. The number of aromatic nitrogens is 4. The summed E-state index contributed by atoms with van der Waals surface area (Å²) in [4.78, 5) is 30.8. The van der Waals surface area contributed by atoms with Crippen LogP contribution >= 0.6 is 34.7 Å². The molecule has 0 fully saturated rings. The van der Waals surface area contributed by atoms with Crippen LogP contribution in [0.3, 0.4) is 0 Å². The van der Waals surface area contributed by atoms with E-state index >= 15 is 0 Å². The van der Waals surface area contributed by atoms with Crippen LogP contribution in [0, 0.1) is 6.92 Å². The maximum absolute atomic E-state index is 12.4. The number of ether oxygens (including phenoxy) is 1. The summed E-state index contributed by atoms with van der Waals surface area (Å²) in [5, 5.41) is 12.6. The molecule has 12 heteroatoms. The highest BCUT2D eigenvalue weighted by atomic mass is 35.5. The Morgan fingerprint density at radius 1 is 1.31 bits per heavy atom. The highest BCUT2D eigenvalue weighted by Gasteiger charge is 2.20. The number of amides is 2. The zero-order chi connectivity index (χ0) is 23.4. The lowest BCUT2D eigenvalue weighted by molar-refractivity contribution is -0.113. The number of nitrogens with zero attached hydrogens (tertiary/aromatic N) is 5. The Bertz CT molecular complexity index is 1130. The molecule has 0 aliphatic rings. The molecule has 0 radical (unpaired) electrons. The zero-order valence-corrected chi connectivity index (χ0v) is 20.6. The summed E-state index contributed by atoms with van der Waals surface area (Å²) < 4.78 is 7.68. The molecule has 0 aliphatic carbocycles. The molecule has 2 amide bonds. The first kappa shape index (κ1) is 24.0. The molecule has 0 saturated heterocycles. The Labute approximate surface area is 199 Å². The molecule has 0 bridgehead atoms. The molecule has 1 N–H and O–H groups in total. The van der Waals surface area contributed by atoms with Gasteiger partial charge in [-0.3, -0.25) is 9.59 Å². The van der Waals surface area contributed by atoms with Gasteiger partial charge in [-0.25, -0.2) is 4.98 Å². The monoisotopic (exact) mass is 494 g/mol. The molecular weight excluding hydrogens is 472 g/mol. The van der Waals surface area contributed by atoms with E-state index in [2.05, 4.69) is 20.5 Å². The van der Waals surface area contributed by atoms with Crippen molar-refractivity contribution < 1.29 is 14.3 Å². The van der Waals surface area contributed by atoms with E-state index < -0.39 is 0 Å². The van der Waals surface area contributed by atoms with Crippen molar-refractivity contribution in [3.05, 3.63) is 45.7 Å². The normalized spacial score (nSPS) is 11.8. The van der Waals surface area contributed by atoms with Gasteiger partial charge in [-0.2, -0.15) is 0 Å². The van der Waals surface area contributed by atoms with E-state index in [1.807, 2.05) is 26.1 Å². The minimum atomic E-state index is -0.387. The lowest BCUT2D eigenvalue weighted by atomic mass is 10.3. The molecule has 170 valence electrons. The number of benzene rings is 1. The number of rotatable bonds is 8. The maximum Gasteiger partial charge on any atom is 0.265 e. The Hall–Kier alpha value is -2.63. The molecular formula is C20H23ClN6O3S2. The van der Waals surface area contributed by atoms with E-state index in [1.54, 1.807) is 37.7 Å². The predicted molar refractivity (Wildman–Crippen MR) is 126 cm³/mol. The van der Waals surface area contributed by atoms with Gasteiger partial charge in [0.25, 0.3) is 5.91 Å². The Morgan fingerprint density at radius 2 is 2.03 bits per heavy atom. The van der Waals surface area contributed by atoms with E-state index in [9.17, 15) is 9.59 Å². The van der Waals surface area contributed by atoms with Crippen LogP contribution < -0.4 is 10.1 Å². The van der Waals surface area contributed by atoms with E-state index in [4.69, 9.17) is 16.3 Å².